The summed E-state index contributed by atoms with van der Waals surface area (Å²) in [6.45, 7) is 5.81. The van der Waals surface area contributed by atoms with Crippen LogP contribution >= 0.6 is 0 Å². The van der Waals surface area contributed by atoms with Gasteiger partial charge in [0.05, 0.1) is 10.6 Å². The van der Waals surface area contributed by atoms with Crippen LogP contribution in [0.2, 0.25) is 0 Å². The van der Waals surface area contributed by atoms with Gasteiger partial charge in [-0.3, -0.25) is 9.52 Å². The predicted molar refractivity (Wildman–Crippen MR) is 100 cm³/mol. The second-order valence-corrected chi connectivity index (χ2v) is 7.79. The molecule has 0 saturated heterocycles. The van der Waals surface area contributed by atoms with Gasteiger partial charge >= 0.3 is 0 Å². The molecule has 0 aromatic heterocycles. The number of hydrogen-bond acceptors (Lipinski definition) is 3. The Morgan fingerprint density at radius 3 is 2.52 bits per heavy atom. The molecule has 0 saturated carbocycles. The molecule has 0 aliphatic heterocycles. The smallest absolute Gasteiger partial charge is 0.261 e. The van der Waals surface area contributed by atoms with Gasteiger partial charge in [0.15, 0.2) is 0 Å². The normalized spacial score (nSPS) is 12.4. The Labute approximate surface area is 149 Å². The lowest BCUT2D eigenvalue weighted by atomic mass is 10.1. The number of anilines is 1. The van der Waals surface area contributed by atoms with E-state index < -0.39 is 10.0 Å². The fraction of sp³-hybridized carbons (Fsp3) is 0.316. The summed E-state index contributed by atoms with van der Waals surface area (Å²) in [6.07, 6.45) is 1.84. The van der Waals surface area contributed by atoms with E-state index in [0.29, 0.717) is 11.3 Å². The van der Waals surface area contributed by atoms with Crippen LogP contribution < -0.4 is 10.0 Å². The van der Waals surface area contributed by atoms with Crippen LogP contribution in [0.5, 0.6) is 0 Å². The minimum Gasteiger partial charge on any atom is -0.350 e. The van der Waals surface area contributed by atoms with Crippen LogP contribution in [0.15, 0.2) is 53.4 Å². The van der Waals surface area contributed by atoms with Crippen molar-refractivity contribution in [3.8, 4) is 0 Å². The van der Waals surface area contributed by atoms with E-state index in [1.165, 1.54) is 12.1 Å². The average Bonchev–Trinajstić information content (AvgIpc) is 2.57. The van der Waals surface area contributed by atoms with Gasteiger partial charge in [-0.2, -0.15) is 0 Å². The van der Waals surface area contributed by atoms with Gasteiger partial charge in [0, 0.05) is 11.6 Å². The molecule has 0 fully saturated rings. The Balaban J connectivity index is 2.22. The fourth-order valence-electron chi connectivity index (χ4n) is 2.51. The van der Waals surface area contributed by atoms with Crippen LogP contribution in [0.1, 0.15) is 42.6 Å². The van der Waals surface area contributed by atoms with Crippen LogP contribution in [-0.2, 0) is 10.0 Å². The van der Waals surface area contributed by atoms with Gasteiger partial charge in [0.1, 0.15) is 0 Å². The topological polar surface area (TPSA) is 75.3 Å². The highest BCUT2D eigenvalue weighted by Crippen LogP contribution is 2.20. The first kappa shape index (κ1) is 19.0. The zero-order chi connectivity index (χ0) is 18.4. The summed E-state index contributed by atoms with van der Waals surface area (Å²) in [6, 6.07) is 13.3. The van der Waals surface area contributed by atoms with E-state index in [0.717, 1.165) is 18.4 Å². The zero-order valence-electron chi connectivity index (χ0n) is 14.7. The number of benzene rings is 2. The first-order chi connectivity index (χ1) is 11.8. The monoisotopic (exact) mass is 360 g/mol. The third-order valence-corrected chi connectivity index (χ3v) is 5.26. The van der Waals surface area contributed by atoms with Crippen LogP contribution in [0.3, 0.4) is 0 Å². The zero-order valence-corrected chi connectivity index (χ0v) is 15.6. The summed E-state index contributed by atoms with van der Waals surface area (Å²) in [5.41, 5.74) is 1.68. The number of para-hydroxylation sites is 1. The van der Waals surface area contributed by atoms with Crippen LogP contribution in [0.4, 0.5) is 5.69 Å². The maximum absolute atomic E-state index is 12.6. The molecule has 0 radical (unpaired) electrons. The van der Waals surface area contributed by atoms with E-state index in [1.807, 2.05) is 32.9 Å². The summed E-state index contributed by atoms with van der Waals surface area (Å²) in [5, 5.41) is 2.88. The molecule has 2 aromatic carbocycles. The van der Waals surface area contributed by atoms with Gasteiger partial charge in [0.2, 0.25) is 0 Å². The molecule has 0 unspecified atom stereocenters. The number of hydrogen-bond donors (Lipinski definition) is 2. The SMILES string of the molecule is CCC[C@H](C)NC(=O)c1cccc(S(=O)(=O)Nc2ccccc2C)c1. The lowest BCUT2D eigenvalue weighted by molar-refractivity contribution is 0.0938. The number of rotatable bonds is 7. The molecule has 1 atom stereocenters. The molecule has 2 rings (SSSR count). The highest BCUT2D eigenvalue weighted by molar-refractivity contribution is 7.92. The van der Waals surface area contributed by atoms with Crippen molar-refractivity contribution in [3.05, 3.63) is 59.7 Å². The minimum atomic E-state index is -3.76. The van der Waals surface area contributed by atoms with Gasteiger partial charge in [-0.25, -0.2) is 8.42 Å². The Hall–Kier alpha value is -2.34. The third-order valence-electron chi connectivity index (χ3n) is 3.90. The maximum atomic E-state index is 12.6. The van der Waals surface area contributed by atoms with Crippen molar-refractivity contribution in [1.82, 2.24) is 5.32 Å². The Morgan fingerprint density at radius 2 is 1.84 bits per heavy atom. The standard InChI is InChI=1S/C19H24N2O3S/c1-4-8-15(3)20-19(22)16-10-7-11-17(13-16)25(23,24)21-18-12-6-5-9-14(18)2/h5-7,9-13,15,21H,4,8H2,1-3H3,(H,20,22)/t15-/m0/s1. The molecule has 0 heterocycles. The number of amides is 1. The molecule has 1 amide bonds. The maximum Gasteiger partial charge on any atom is 0.261 e. The van der Waals surface area contributed by atoms with Crippen molar-refractivity contribution in [2.75, 3.05) is 4.72 Å². The second-order valence-electron chi connectivity index (χ2n) is 6.11. The summed E-state index contributed by atoms with van der Waals surface area (Å²) in [4.78, 5) is 12.4. The Morgan fingerprint density at radius 1 is 1.12 bits per heavy atom. The van der Waals surface area contributed by atoms with Gasteiger partial charge in [0.25, 0.3) is 15.9 Å². The van der Waals surface area contributed by atoms with Crippen molar-refractivity contribution >= 4 is 21.6 Å². The Bertz CT molecular complexity index is 847. The molecule has 2 N–H and O–H groups in total. The molecular formula is C19H24N2O3S. The van der Waals surface area contributed by atoms with Gasteiger partial charge in [-0.05, 0) is 50.1 Å². The van der Waals surface area contributed by atoms with E-state index in [2.05, 4.69) is 10.0 Å². The number of nitrogens with one attached hydrogen (secondary N) is 2. The highest BCUT2D eigenvalue weighted by Gasteiger charge is 2.17. The first-order valence-electron chi connectivity index (χ1n) is 8.33. The largest absolute Gasteiger partial charge is 0.350 e. The highest BCUT2D eigenvalue weighted by atomic mass is 32.2. The molecule has 5 nitrogen and oxygen atoms in total. The molecule has 6 heteroatoms. The van der Waals surface area contributed by atoms with Crippen molar-refractivity contribution in [2.45, 2.75) is 44.6 Å². The summed E-state index contributed by atoms with van der Waals surface area (Å²) < 4.78 is 27.8. The molecule has 0 aliphatic carbocycles. The minimum absolute atomic E-state index is 0.0443. The van der Waals surface area contributed by atoms with Crippen molar-refractivity contribution in [3.63, 3.8) is 0 Å². The Kier molecular flexibility index (Phi) is 6.20. The number of aryl methyl sites for hydroxylation is 1. The van der Waals surface area contributed by atoms with Gasteiger partial charge in [-0.1, -0.05) is 37.6 Å². The van der Waals surface area contributed by atoms with Crippen molar-refractivity contribution < 1.29 is 13.2 Å². The van der Waals surface area contributed by atoms with Gasteiger partial charge in [-0.15, -0.1) is 0 Å². The third kappa shape index (κ3) is 5.06. The van der Waals surface area contributed by atoms with E-state index in [4.69, 9.17) is 0 Å². The quantitative estimate of drug-likeness (QED) is 0.790. The predicted octanol–water partition coefficient (Wildman–Crippen LogP) is 3.71. The van der Waals surface area contributed by atoms with Crippen molar-refractivity contribution in [1.29, 1.82) is 0 Å². The first-order valence-corrected chi connectivity index (χ1v) is 9.81. The summed E-state index contributed by atoms with van der Waals surface area (Å²) in [5.74, 6) is -0.270. The molecule has 134 valence electrons. The van der Waals surface area contributed by atoms with E-state index in [9.17, 15) is 13.2 Å². The average molecular weight is 360 g/mol. The van der Waals surface area contributed by atoms with E-state index >= 15 is 0 Å². The number of carbonyl (C=O) groups excluding carboxylic acids is 1. The van der Waals surface area contributed by atoms with Gasteiger partial charge < -0.3 is 5.32 Å². The lowest BCUT2D eigenvalue weighted by Gasteiger charge is -2.14. The molecule has 0 spiro atoms. The van der Waals surface area contributed by atoms with E-state index in [1.54, 1.807) is 24.3 Å². The van der Waals surface area contributed by atoms with E-state index in [-0.39, 0.29) is 16.8 Å². The second kappa shape index (κ2) is 8.16. The summed E-state index contributed by atoms with van der Waals surface area (Å²) in [7, 11) is -3.76. The molecule has 25 heavy (non-hydrogen) atoms. The number of sulfonamides is 1. The molecule has 0 aliphatic rings. The fourth-order valence-corrected chi connectivity index (χ4v) is 3.68. The molecular weight excluding hydrogens is 336 g/mol. The molecule has 0 bridgehead atoms. The number of carbonyl (C=O) groups is 1. The van der Waals surface area contributed by atoms with Crippen molar-refractivity contribution in [2.24, 2.45) is 0 Å². The van der Waals surface area contributed by atoms with Crippen LogP contribution in [0.25, 0.3) is 0 Å². The van der Waals surface area contributed by atoms with Crippen LogP contribution in [0, 0.1) is 6.92 Å². The summed E-state index contributed by atoms with van der Waals surface area (Å²) >= 11 is 0. The van der Waals surface area contributed by atoms with Crippen LogP contribution in [-0.4, -0.2) is 20.4 Å². The molecule has 2 aromatic rings. The lowest BCUT2D eigenvalue weighted by Crippen LogP contribution is -2.32.